The average molecular weight is 439 g/mol. The van der Waals surface area contributed by atoms with Crippen LogP contribution in [0.3, 0.4) is 0 Å². The number of esters is 1. The van der Waals surface area contributed by atoms with Crippen LogP contribution in [0.5, 0.6) is 5.75 Å². The number of fused-ring (bicyclic) bond motifs is 1. The first kappa shape index (κ1) is 20.7. The van der Waals surface area contributed by atoms with E-state index in [0.717, 1.165) is 11.1 Å². The van der Waals surface area contributed by atoms with Crippen molar-refractivity contribution in [1.82, 2.24) is 9.78 Å². The van der Waals surface area contributed by atoms with E-state index in [2.05, 4.69) is 5.10 Å². The van der Waals surface area contributed by atoms with Gasteiger partial charge in [0.1, 0.15) is 28.7 Å². The summed E-state index contributed by atoms with van der Waals surface area (Å²) in [5.74, 6) is -0.675. The van der Waals surface area contributed by atoms with Crippen molar-refractivity contribution in [1.29, 1.82) is 0 Å². The monoisotopic (exact) mass is 438 g/mol. The van der Waals surface area contributed by atoms with E-state index in [1.165, 1.54) is 18.2 Å². The lowest BCUT2D eigenvalue weighted by atomic mass is 10.1. The molecule has 158 valence electrons. The number of phenolic OH excluding ortho intramolecular Hbond substituents is 1. The highest BCUT2D eigenvalue weighted by Crippen LogP contribution is 2.25. The van der Waals surface area contributed by atoms with E-state index in [1.54, 1.807) is 17.7 Å². The SMILES string of the molecule is Cc1ccc(Cn2nc(C)c(C(=O)OCc3cc(=O)oc4cc(O)ccc34)c2Cl)cc1. The number of carbonyl (C=O) groups excluding carboxylic acids is 1. The van der Waals surface area contributed by atoms with Gasteiger partial charge in [-0.05, 0) is 31.5 Å². The predicted molar refractivity (Wildman–Crippen MR) is 116 cm³/mol. The summed E-state index contributed by atoms with van der Waals surface area (Å²) in [5.41, 5.74) is 2.83. The summed E-state index contributed by atoms with van der Waals surface area (Å²) in [6.45, 7) is 3.95. The second-order valence-electron chi connectivity index (χ2n) is 7.24. The summed E-state index contributed by atoms with van der Waals surface area (Å²) in [6, 6.07) is 13.6. The summed E-state index contributed by atoms with van der Waals surface area (Å²) in [7, 11) is 0. The molecule has 2 aromatic carbocycles. The first-order valence-electron chi connectivity index (χ1n) is 9.53. The zero-order chi connectivity index (χ0) is 22.1. The van der Waals surface area contributed by atoms with E-state index in [1.807, 2.05) is 31.2 Å². The van der Waals surface area contributed by atoms with Gasteiger partial charge in [0.05, 0.1) is 12.2 Å². The Morgan fingerprint density at radius 3 is 2.65 bits per heavy atom. The molecule has 0 spiro atoms. The van der Waals surface area contributed by atoms with E-state index in [4.69, 9.17) is 20.8 Å². The first-order valence-corrected chi connectivity index (χ1v) is 9.91. The highest BCUT2D eigenvalue weighted by molar-refractivity contribution is 6.32. The fourth-order valence-corrected chi connectivity index (χ4v) is 3.62. The number of hydrogen-bond acceptors (Lipinski definition) is 6. The first-order chi connectivity index (χ1) is 14.8. The van der Waals surface area contributed by atoms with E-state index >= 15 is 0 Å². The molecule has 0 unspecified atom stereocenters. The fraction of sp³-hybridized carbons (Fsp3) is 0.174. The van der Waals surface area contributed by atoms with Gasteiger partial charge in [-0.3, -0.25) is 0 Å². The second kappa shape index (κ2) is 8.28. The van der Waals surface area contributed by atoms with Crippen molar-refractivity contribution >= 4 is 28.5 Å². The molecule has 4 rings (SSSR count). The van der Waals surface area contributed by atoms with Gasteiger partial charge in [0.25, 0.3) is 0 Å². The summed E-state index contributed by atoms with van der Waals surface area (Å²) in [5, 5.41) is 14.7. The largest absolute Gasteiger partial charge is 0.508 e. The van der Waals surface area contributed by atoms with E-state index in [-0.39, 0.29) is 28.7 Å². The maximum Gasteiger partial charge on any atom is 0.343 e. The molecular weight excluding hydrogens is 420 g/mol. The minimum Gasteiger partial charge on any atom is -0.508 e. The highest BCUT2D eigenvalue weighted by atomic mass is 35.5. The van der Waals surface area contributed by atoms with Crippen LogP contribution in [0, 0.1) is 13.8 Å². The second-order valence-corrected chi connectivity index (χ2v) is 7.60. The lowest BCUT2D eigenvalue weighted by Crippen LogP contribution is -2.09. The molecule has 0 saturated carbocycles. The van der Waals surface area contributed by atoms with Crippen molar-refractivity contribution in [2.45, 2.75) is 27.0 Å². The van der Waals surface area contributed by atoms with Crippen molar-refractivity contribution in [2.24, 2.45) is 0 Å². The minimum atomic E-state index is -0.641. The summed E-state index contributed by atoms with van der Waals surface area (Å²) >= 11 is 6.43. The van der Waals surface area contributed by atoms with Gasteiger partial charge in [-0.2, -0.15) is 5.10 Å². The number of nitrogens with zero attached hydrogens (tertiary/aromatic N) is 2. The van der Waals surface area contributed by atoms with Crippen molar-refractivity contribution in [3.8, 4) is 5.75 Å². The molecule has 4 aromatic rings. The van der Waals surface area contributed by atoms with Crippen LogP contribution in [-0.4, -0.2) is 20.9 Å². The summed E-state index contributed by atoms with van der Waals surface area (Å²) in [6.07, 6.45) is 0. The van der Waals surface area contributed by atoms with Crippen LogP contribution in [0.15, 0.2) is 57.7 Å². The van der Waals surface area contributed by atoms with Crippen LogP contribution in [0.25, 0.3) is 11.0 Å². The van der Waals surface area contributed by atoms with Crippen LogP contribution in [0.1, 0.15) is 32.7 Å². The third-order valence-electron chi connectivity index (χ3n) is 4.90. The molecule has 0 radical (unpaired) electrons. The number of rotatable bonds is 5. The fourth-order valence-electron chi connectivity index (χ4n) is 3.31. The number of ether oxygens (including phenoxy) is 1. The van der Waals surface area contributed by atoms with Crippen molar-refractivity contribution in [3.05, 3.63) is 92.1 Å². The van der Waals surface area contributed by atoms with Crippen molar-refractivity contribution in [3.63, 3.8) is 0 Å². The molecular formula is C23H19ClN2O5. The standard InChI is InChI=1S/C23H19ClN2O5/c1-13-3-5-15(6-4-13)11-26-22(24)21(14(2)25-26)23(29)30-12-16-9-20(28)31-19-10-17(27)7-8-18(16)19/h3-10,27H,11-12H2,1-2H3. The third-order valence-corrected chi connectivity index (χ3v) is 5.28. The molecule has 0 amide bonds. The zero-order valence-electron chi connectivity index (χ0n) is 16.9. The van der Waals surface area contributed by atoms with Crippen LogP contribution >= 0.6 is 11.6 Å². The molecule has 0 fully saturated rings. The van der Waals surface area contributed by atoms with Gasteiger partial charge >= 0.3 is 11.6 Å². The molecule has 2 aromatic heterocycles. The molecule has 8 heteroatoms. The molecule has 2 heterocycles. The molecule has 0 saturated heterocycles. The average Bonchev–Trinajstić information content (AvgIpc) is 3.00. The molecule has 0 bridgehead atoms. The molecule has 7 nitrogen and oxygen atoms in total. The zero-order valence-corrected chi connectivity index (χ0v) is 17.6. The molecule has 0 atom stereocenters. The quantitative estimate of drug-likeness (QED) is 0.367. The maximum absolute atomic E-state index is 12.7. The molecule has 0 aliphatic rings. The lowest BCUT2D eigenvalue weighted by molar-refractivity contribution is 0.0473. The van der Waals surface area contributed by atoms with Gasteiger partial charge in [-0.1, -0.05) is 41.4 Å². The summed E-state index contributed by atoms with van der Waals surface area (Å²) in [4.78, 5) is 24.6. The van der Waals surface area contributed by atoms with Gasteiger partial charge in [0.2, 0.25) is 0 Å². The van der Waals surface area contributed by atoms with Gasteiger partial charge in [0, 0.05) is 23.1 Å². The molecule has 0 aliphatic carbocycles. The highest BCUT2D eigenvalue weighted by Gasteiger charge is 2.22. The Hall–Kier alpha value is -3.58. The van der Waals surface area contributed by atoms with Gasteiger partial charge in [0.15, 0.2) is 0 Å². The summed E-state index contributed by atoms with van der Waals surface area (Å²) < 4.78 is 12.1. The van der Waals surface area contributed by atoms with E-state index in [0.29, 0.717) is 23.2 Å². The number of benzene rings is 2. The Balaban J connectivity index is 1.56. The van der Waals surface area contributed by atoms with Crippen LogP contribution in [0.2, 0.25) is 5.15 Å². The van der Waals surface area contributed by atoms with Crippen LogP contribution in [-0.2, 0) is 17.9 Å². The van der Waals surface area contributed by atoms with Crippen molar-refractivity contribution < 1.29 is 19.1 Å². The van der Waals surface area contributed by atoms with E-state index in [9.17, 15) is 14.7 Å². The van der Waals surface area contributed by atoms with Crippen molar-refractivity contribution in [2.75, 3.05) is 0 Å². The number of hydrogen-bond donors (Lipinski definition) is 1. The Morgan fingerprint density at radius 1 is 1.16 bits per heavy atom. The van der Waals surface area contributed by atoms with Gasteiger partial charge in [-0.25, -0.2) is 14.3 Å². The Morgan fingerprint density at radius 2 is 1.90 bits per heavy atom. The number of aromatic hydroxyl groups is 1. The topological polar surface area (TPSA) is 94.6 Å². The Bertz CT molecular complexity index is 1340. The Labute approximate surface area is 182 Å². The third kappa shape index (κ3) is 4.32. The maximum atomic E-state index is 12.7. The van der Waals surface area contributed by atoms with Crippen LogP contribution in [0.4, 0.5) is 0 Å². The van der Waals surface area contributed by atoms with Gasteiger partial charge < -0.3 is 14.3 Å². The van der Waals surface area contributed by atoms with Crippen LogP contribution < -0.4 is 5.63 Å². The lowest BCUT2D eigenvalue weighted by Gasteiger charge is -2.08. The van der Waals surface area contributed by atoms with Gasteiger partial charge in [-0.15, -0.1) is 0 Å². The smallest absolute Gasteiger partial charge is 0.343 e. The molecule has 31 heavy (non-hydrogen) atoms. The number of aryl methyl sites for hydroxylation is 2. The molecule has 0 aliphatic heterocycles. The number of phenols is 1. The molecule has 1 N–H and O–H groups in total. The number of aromatic nitrogens is 2. The normalized spacial score (nSPS) is 11.1. The minimum absolute atomic E-state index is 0.0341. The predicted octanol–water partition coefficient (Wildman–Crippen LogP) is 4.37. The number of carbonyl (C=O) groups is 1. The Kier molecular flexibility index (Phi) is 5.52. The number of halogens is 1. The van der Waals surface area contributed by atoms with E-state index < -0.39 is 11.6 Å².